The van der Waals surface area contributed by atoms with Gasteiger partial charge in [0.15, 0.2) is 5.96 Å². The second-order valence-corrected chi connectivity index (χ2v) is 8.79. The van der Waals surface area contributed by atoms with Crippen molar-refractivity contribution in [2.45, 2.75) is 24.6 Å². The highest BCUT2D eigenvalue weighted by molar-refractivity contribution is 7.89. The molecule has 0 amide bonds. The Morgan fingerprint density at radius 3 is 2.30 bits per heavy atom. The molecule has 2 aromatic carbocycles. The molecule has 2 rings (SSSR count). The number of hydrogen-bond donors (Lipinski definition) is 1. The lowest BCUT2D eigenvalue weighted by atomic mass is 10.2. The number of nitrogens with zero attached hydrogens (tertiary/aromatic N) is 3. The molecule has 0 heterocycles. The van der Waals surface area contributed by atoms with Gasteiger partial charge in [-0.2, -0.15) is 8.78 Å². The molecule has 1 N–H and O–H groups in total. The molecule has 0 saturated carbocycles. The lowest BCUT2D eigenvalue weighted by molar-refractivity contribution is -0.0498. The van der Waals surface area contributed by atoms with Crippen molar-refractivity contribution in [3.05, 3.63) is 59.7 Å². The molecule has 0 aliphatic rings. The Morgan fingerprint density at radius 2 is 1.73 bits per heavy atom. The number of nitrogens with one attached hydrogen (secondary N) is 1. The molecule has 0 bridgehead atoms. The maximum atomic E-state index is 12.5. The minimum absolute atomic E-state index is 0.0950. The highest BCUT2D eigenvalue weighted by Gasteiger charge is 2.21. The molecule has 30 heavy (non-hydrogen) atoms. The lowest BCUT2D eigenvalue weighted by Gasteiger charge is -2.23. The molecule has 0 spiro atoms. The van der Waals surface area contributed by atoms with E-state index in [1.165, 1.54) is 30.5 Å². The summed E-state index contributed by atoms with van der Waals surface area (Å²) in [6.45, 7) is -2.13. The summed E-state index contributed by atoms with van der Waals surface area (Å²) in [6, 6.07) is 13.1. The fourth-order valence-electron chi connectivity index (χ4n) is 2.78. The van der Waals surface area contributed by atoms with E-state index in [9.17, 15) is 17.2 Å². The van der Waals surface area contributed by atoms with Crippen molar-refractivity contribution in [1.82, 2.24) is 14.5 Å². The van der Waals surface area contributed by atoms with Crippen molar-refractivity contribution in [1.29, 1.82) is 0 Å². The Balaban J connectivity index is 2.06. The zero-order valence-electron chi connectivity index (χ0n) is 17.3. The smallest absolute Gasteiger partial charge is 0.387 e. The van der Waals surface area contributed by atoms with Crippen molar-refractivity contribution < 1.29 is 21.9 Å². The molecule has 2 aromatic rings. The Kier molecular flexibility index (Phi) is 8.13. The Labute approximate surface area is 176 Å². The molecule has 7 nitrogen and oxygen atoms in total. The van der Waals surface area contributed by atoms with Crippen molar-refractivity contribution in [2.24, 2.45) is 4.99 Å². The zero-order valence-corrected chi connectivity index (χ0v) is 18.2. The maximum absolute atomic E-state index is 12.5. The van der Waals surface area contributed by atoms with E-state index in [0.29, 0.717) is 18.1 Å². The molecular formula is C20H26F2N4O3S. The highest BCUT2D eigenvalue weighted by atomic mass is 32.2. The summed E-state index contributed by atoms with van der Waals surface area (Å²) in [5, 5.41) is 3.16. The minimum atomic E-state index is -3.57. The number of benzene rings is 2. The van der Waals surface area contributed by atoms with Gasteiger partial charge in [-0.05, 0) is 29.3 Å². The van der Waals surface area contributed by atoms with Crippen LogP contribution in [0.1, 0.15) is 11.1 Å². The summed E-state index contributed by atoms with van der Waals surface area (Å²) in [5.74, 6) is 0.651. The van der Waals surface area contributed by atoms with E-state index in [1.54, 1.807) is 43.4 Å². The van der Waals surface area contributed by atoms with Crippen LogP contribution in [-0.2, 0) is 23.1 Å². The Bertz CT molecular complexity index is 964. The summed E-state index contributed by atoms with van der Waals surface area (Å²) in [7, 11) is 2.86. The molecule has 0 atom stereocenters. The van der Waals surface area contributed by atoms with Crippen molar-refractivity contribution in [3.8, 4) is 5.75 Å². The number of hydrogen-bond acceptors (Lipinski definition) is 4. The van der Waals surface area contributed by atoms with E-state index >= 15 is 0 Å². The third-order valence-electron chi connectivity index (χ3n) is 4.31. The van der Waals surface area contributed by atoms with Crippen LogP contribution in [0.15, 0.2) is 58.4 Å². The fraction of sp³-hybridized carbons (Fsp3) is 0.350. The van der Waals surface area contributed by atoms with Gasteiger partial charge < -0.3 is 15.0 Å². The van der Waals surface area contributed by atoms with Gasteiger partial charge in [-0.3, -0.25) is 4.99 Å². The monoisotopic (exact) mass is 440 g/mol. The SMILES string of the molecule is CN=C(NCc1ccccc1S(=O)(=O)N(C)C)N(C)Cc1ccc(OC(F)F)cc1. The van der Waals surface area contributed by atoms with E-state index in [0.717, 1.165) is 5.56 Å². The van der Waals surface area contributed by atoms with E-state index in [4.69, 9.17) is 0 Å². The van der Waals surface area contributed by atoms with Crippen LogP contribution in [0.25, 0.3) is 0 Å². The summed E-state index contributed by atoms with van der Waals surface area (Å²) >= 11 is 0. The molecule has 164 valence electrons. The molecule has 0 fully saturated rings. The lowest BCUT2D eigenvalue weighted by Crippen LogP contribution is -2.38. The van der Waals surface area contributed by atoms with Crippen LogP contribution >= 0.6 is 0 Å². The van der Waals surface area contributed by atoms with Gasteiger partial charge in [0.05, 0.1) is 4.90 Å². The van der Waals surface area contributed by atoms with Gasteiger partial charge in [-0.1, -0.05) is 30.3 Å². The quantitative estimate of drug-likeness (QED) is 0.505. The number of guanidine groups is 1. The second-order valence-electron chi connectivity index (χ2n) is 6.67. The first-order valence-corrected chi connectivity index (χ1v) is 10.5. The summed E-state index contributed by atoms with van der Waals surface area (Å²) in [5.41, 5.74) is 1.49. The third kappa shape index (κ3) is 6.14. The van der Waals surface area contributed by atoms with E-state index in [1.807, 2.05) is 11.9 Å². The first-order chi connectivity index (χ1) is 14.1. The molecular weight excluding hydrogens is 414 g/mol. The van der Waals surface area contributed by atoms with Crippen LogP contribution in [-0.4, -0.2) is 58.4 Å². The summed E-state index contributed by atoms with van der Waals surface area (Å²) < 4.78 is 55.1. The molecule has 0 saturated heterocycles. The number of halogens is 2. The average molecular weight is 441 g/mol. The molecule has 0 aliphatic carbocycles. The van der Waals surface area contributed by atoms with Gasteiger partial charge in [-0.25, -0.2) is 12.7 Å². The van der Waals surface area contributed by atoms with Crippen LogP contribution in [0.3, 0.4) is 0 Å². The standard InChI is InChI=1S/C20H26F2N4O3S/c1-23-20(26(4)14-15-9-11-17(12-10-15)29-19(21)22)24-13-16-7-5-6-8-18(16)30(27,28)25(2)3/h5-12,19H,13-14H2,1-4H3,(H,23,24). The van der Waals surface area contributed by atoms with Gasteiger partial charge in [0, 0.05) is 41.3 Å². The summed E-state index contributed by atoms with van der Waals surface area (Å²) in [6.07, 6.45) is 0. The molecule has 0 radical (unpaired) electrons. The second kappa shape index (κ2) is 10.4. The molecule has 0 aromatic heterocycles. The molecule has 0 unspecified atom stereocenters. The third-order valence-corrected chi connectivity index (χ3v) is 6.23. The number of alkyl halides is 2. The minimum Gasteiger partial charge on any atom is -0.435 e. The van der Waals surface area contributed by atoms with Crippen molar-refractivity contribution in [2.75, 3.05) is 28.2 Å². The van der Waals surface area contributed by atoms with Crippen LogP contribution in [0.2, 0.25) is 0 Å². The zero-order chi connectivity index (χ0) is 22.3. The first kappa shape index (κ1) is 23.6. The van der Waals surface area contributed by atoms with E-state index in [2.05, 4.69) is 15.0 Å². The number of aliphatic imine (C=N–C) groups is 1. The fourth-order valence-corrected chi connectivity index (χ4v) is 3.90. The van der Waals surface area contributed by atoms with Gasteiger partial charge in [-0.15, -0.1) is 0 Å². The van der Waals surface area contributed by atoms with Gasteiger partial charge >= 0.3 is 6.61 Å². The number of sulfonamides is 1. The normalized spacial score (nSPS) is 12.3. The predicted octanol–water partition coefficient (Wildman–Crippen LogP) is 2.75. The predicted molar refractivity (Wildman–Crippen MR) is 112 cm³/mol. The van der Waals surface area contributed by atoms with Crippen LogP contribution in [0.5, 0.6) is 5.75 Å². The highest BCUT2D eigenvalue weighted by Crippen LogP contribution is 2.19. The van der Waals surface area contributed by atoms with Crippen LogP contribution in [0, 0.1) is 0 Å². The Hall–Kier alpha value is -2.72. The van der Waals surface area contributed by atoms with Crippen LogP contribution < -0.4 is 10.1 Å². The summed E-state index contributed by atoms with van der Waals surface area (Å²) in [4.78, 5) is 6.30. The molecule has 10 heteroatoms. The van der Waals surface area contributed by atoms with Crippen LogP contribution in [0.4, 0.5) is 8.78 Å². The number of rotatable bonds is 8. The van der Waals surface area contributed by atoms with Gasteiger partial charge in [0.2, 0.25) is 10.0 Å². The average Bonchev–Trinajstić information content (AvgIpc) is 2.69. The van der Waals surface area contributed by atoms with E-state index < -0.39 is 16.6 Å². The van der Waals surface area contributed by atoms with Crippen molar-refractivity contribution in [3.63, 3.8) is 0 Å². The maximum Gasteiger partial charge on any atom is 0.387 e. The van der Waals surface area contributed by atoms with E-state index in [-0.39, 0.29) is 17.2 Å². The van der Waals surface area contributed by atoms with Gasteiger partial charge in [0.25, 0.3) is 0 Å². The number of ether oxygens (including phenoxy) is 1. The largest absolute Gasteiger partial charge is 0.435 e. The Morgan fingerprint density at radius 1 is 1.10 bits per heavy atom. The van der Waals surface area contributed by atoms with Gasteiger partial charge in [0.1, 0.15) is 5.75 Å². The molecule has 0 aliphatic heterocycles. The van der Waals surface area contributed by atoms with Crippen molar-refractivity contribution >= 4 is 16.0 Å². The topological polar surface area (TPSA) is 74.2 Å². The first-order valence-electron chi connectivity index (χ1n) is 9.11.